The summed E-state index contributed by atoms with van der Waals surface area (Å²) in [6.07, 6.45) is 2.80. The standard InChI is InChI=1S/C10H20N4O2S/c1-3-6-14(7-4-5-11)17(15,16)10-8-12-13-9(10)2/h8H,3-7,11H2,1-2H3,(H,12,13). The summed E-state index contributed by atoms with van der Waals surface area (Å²) in [6.45, 7) is 5.10. The first-order valence-electron chi connectivity index (χ1n) is 5.74. The molecular weight excluding hydrogens is 240 g/mol. The lowest BCUT2D eigenvalue weighted by atomic mass is 10.4. The highest BCUT2D eigenvalue weighted by molar-refractivity contribution is 7.89. The number of hydrogen-bond acceptors (Lipinski definition) is 4. The Kier molecular flexibility index (Phi) is 5.10. The molecule has 0 atom stereocenters. The second kappa shape index (κ2) is 6.13. The fourth-order valence-electron chi connectivity index (χ4n) is 1.61. The van der Waals surface area contributed by atoms with E-state index in [1.165, 1.54) is 10.5 Å². The van der Waals surface area contributed by atoms with E-state index >= 15 is 0 Å². The predicted molar refractivity (Wildman–Crippen MR) is 66.0 cm³/mol. The molecule has 3 N–H and O–H groups in total. The Balaban J connectivity index is 2.96. The molecule has 0 unspecified atom stereocenters. The minimum atomic E-state index is -3.44. The first kappa shape index (κ1) is 14.1. The third-order valence-electron chi connectivity index (χ3n) is 2.49. The van der Waals surface area contributed by atoms with Crippen LogP contribution in [0.4, 0.5) is 0 Å². The number of aryl methyl sites for hydroxylation is 1. The number of aromatic amines is 1. The molecule has 7 heteroatoms. The van der Waals surface area contributed by atoms with Gasteiger partial charge in [-0.1, -0.05) is 6.92 Å². The van der Waals surface area contributed by atoms with Crippen molar-refractivity contribution in [1.29, 1.82) is 0 Å². The van der Waals surface area contributed by atoms with E-state index < -0.39 is 10.0 Å². The molecule has 0 amide bonds. The summed E-state index contributed by atoms with van der Waals surface area (Å²) in [7, 11) is -3.44. The Labute approximate surface area is 102 Å². The topological polar surface area (TPSA) is 92.1 Å². The summed E-state index contributed by atoms with van der Waals surface area (Å²) in [6, 6.07) is 0. The monoisotopic (exact) mass is 260 g/mol. The van der Waals surface area contributed by atoms with Gasteiger partial charge >= 0.3 is 0 Å². The molecule has 0 aliphatic heterocycles. The van der Waals surface area contributed by atoms with Gasteiger partial charge in [0.15, 0.2) is 0 Å². The van der Waals surface area contributed by atoms with Crippen LogP contribution in [0.25, 0.3) is 0 Å². The first-order valence-corrected chi connectivity index (χ1v) is 7.18. The number of nitrogens with one attached hydrogen (secondary N) is 1. The fraction of sp³-hybridized carbons (Fsp3) is 0.700. The number of hydrogen-bond donors (Lipinski definition) is 2. The van der Waals surface area contributed by atoms with Crippen LogP contribution in [0.1, 0.15) is 25.5 Å². The molecule has 0 aromatic carbocycles. The zero-order chi connectivity index (χ0) is 12.9. The molecule has 0 aliphatic rings. The maximum absolute atomic E-state index is 12.3. The molecule has 1 aromatic rings. The van der Waals surface area contributed by atoms with Gasteiger partial charge in [-0.3, -0.25) is 5.10 Å². The van der Waals surface area contributed by atoms with Crippen molar-refractivity contribution in [2.75, 3.05) is 19.6 Å². The van der Waals surface area contributed by atoms with Crippen LogP contribution in [0.3, 0.4) is 0 Å². The van der Waals surface area contributed by atoms with Gasteiger partial charge in [-0.25, -0.2) is 8.42 Å². The number of nitrogens with two attached hydrogens (primary N) is 1. The van der Waals surface area contributed by atoms with Gasteiger partial charge in [0.1, 0.15) is 4.90 Å². The van der Waals surface area contributed by atoms with E-state index in [-0.39, 0.29) is 4.90 Å². The van der Waals surface area contributed by atoms with E-state index in [2.05, 4.69) is 10.2 Å². The molecule has 0 spiro atoms. The van der Waals surface area contributed by atoms with Gasteiger partial charge in [0, 0.05) is 13.1 Å². The number of nitrogens with zero attached hydrogens (tertiary/aromatic N) is 2. The minimum absolute atomic E-state index is 0.253. The van der Waals surface area contributed by atoms with Gasteiger partial charge in [-0.15, -0.1) is 0 Å². The van der Waals surface area contributed by atoms with Crippen LogP contribution >= 0.6 is 0 Å². The van der Waals surface area contributed by atoms with Gasteiger partial charge in [0.2, 0.25) is 10.0 Å². The van der Waals surface area contributed by atoms with Crippen molar-refractivity contribution in [2.45, 2.75) is 31.6 Å². The van der Waals surface area contributed by atoms with Crippen LogP contribution in [0.15, 0.2) is 11.1 Å². The maximum atomic E-state index is 12.3. The third-order valence-corrected chi connectivity index (χ3v) is 4.50. The van der Waals surface area contributed by atoms with Gasteiger partial charge in [-0.2, -0.15) is 9.40 Å². The van der Waals surface area contributed by atoms with Gasteiger partial charge in [0.05, 0.1) is 11.9 Å². The zero-order valence-corrected chi connectivity index (χ0v) is 11.1. The van der Waals surface area contributed by atoms with Crippen LogP contribution in [-0.4, -0.2) is 42.6 Å². The molecule has 1 aromatic heterocycles. The van der Waals surface area contributed by atoms with E-state index in [0.717, 1.165) is 6.42 Å². The third kappa shape index (κ3) is 3.27. The highest BCUT2D eigenvalue weighted by Gasteiger charge is 2.26. The summed E-state index contributed by atoms with van der Waals surface area (Å²) in [5.41, 5.74) is 5.99. The molecule has 0 radical (unpaired) electrons. The average molecular weight is 260 g/mol. The lowest BCUT2D eigenvalue weighted by Gasteiger charge is -2.20. The molecule has 0 aliphatic carbocycles. The lowest BCUT2D eigenvalue weighted by molar-refractivity contribution is 0.406. The molecule has 0 saturated carbocycles. The normalized spacial score (nSPS) is 12.2. The Bertz CT molecular complexity index is 441. The summed E-state index contributed by atoms with van der Waals surface area (Å²) >= 11 is 0. The van der Waals surface area contributed by atoms with E-state index in [1.807, 2.05) is 6.92 Å². The molecule has 0 fully saturated rings. The number of sulfonamides is 1. The van der Waals surface area contributed by atoms with Crippen molar-refractivity contribution in [1.82, 2.24) is 14.5 Å². The smallest absolute Gasteiger partial charge is 0.246 e. The molecule has 0 saturated heterocycles. The highest BCUT2D eigenvalue weighted by atomic mass is 32.2. The van der Waals surface area contributed by atoms with Crippen molar-refractivity contribution in [3.8, 4) is 0 Å². The van der Waals surface area contributed by atoms with Crippen LogP contribution in [0, 0.1) is 6.92 Å². The lowest BCUT2D eigenvalue weighted by Crippen LogP contribution is -2.33. The Morgan fingerprint density at radius 1 is 1.47 bits per heavy atom. The first-order chi connectivity index (χ1) is 8.04. The van der Waals surface area contributed by atoms with E-state index in [1.54, 1.807) is 6.92 Å². The number of rotatable bonds is 7. The van der Waals surface area contributed by atoms with Crippen LogP contribution < -0.4 is 5.73 Å². The molecular formula is C10H20N4O2S. The Hall–Kier alpha value is -0.920. The zero-order valence-electron chi connectivity index (χ0n) is 10.3. The molecule has 1 heterocycles. The SMILES string of the molecule is CCCN(CCCN)S(=O)(=O)c1cn[nH]c1C. The van der Waals surface area contributed by atoms with Crippen LogP contribution in [-0.2, 0) is 10.0 Å². The minimum Gasteiger partial charge on any atom is -0.330 e. The maximum Gasteiger partial charge on any atom is 0.246 e. The summed E-state index contributed by atoms with van der Waals surface area (Å²) in [4.78, 5) is 0.253. The second-order valence-electron chi connectivity index (χ2n) is 3.91. The van der Waals surface area contributed by atoms with E-state index in [9.17, 15) is 8.42 Å². The quantitative estimate of drug-likeness (QED) is 0.745. The largest absolute Gasteiger partial charge is 0.330 e. The van der Waals surface area contributed by atoms with Crippen molar-refractivity contribution in [3.63, 3.8) is 0 Å². The summed E-state index contributed by atoms with van der Waals surface area (Å²) < 4.78 is 26.1. The van der Waals surface area contributed by atoms with Crippen molar-refractivity contribution < 1.29 is 8.42 Å². The van der Waals surface area contributed by atoms with Crippen molar-refractivity contribution >= 4 is 10.0 Å². The molecule has 0 bridgehead atoms. The van der Waals surface area contributed by atoms with Crippen molar-refractivity contribution in [3.05, 3.63) is 11.9 Å². The van der Waals surface area contributed by atoms with E-state index in [0.29, 0.717) is 31.7 Å². The van der Waals surface area contributed by atoms with Gasteiger partial charge in [0.25, 0.3) is 0 Å². The summed E-state index contributed by atoms with van der Waals surface area (Å²) in [5, 5.41) is 6.40. The Morgan fingerprint density at radius 3 is 2.65 bits per heavy atom. The van der Waals surface area contributed by atoms with E-state index in [4.69, 9.17) is 5.73 Å². The van der Waals surface area contributed by atoms with Crippen molar-refractivity contribution in [2.24, 2.45) is 5.73 Å². The van der Waals surface area contributed by atoms with Gasteiger partial charge in [-0.05, 0) is 26.3 Å². The molecule has 1 rings (SSSR count). The van der Waals surface area contributed by atoms with Crippen LogP contribution in [0.5, 0.6) is 0 Å². The average Bonchev–Trinajstić information content (AvgIpc) is 2.71. The fourth-order valence-corrected chi connectivity index (χ4v) is 3.30. The second-order valence-corrected chi connectivity index (χ2v) is 5.81. The highest BCUT2D eigenvalue weighted by Crippen LogP contribution is 2.18. The Morgan fingerprint density at radius 2 is 2.18 bits per heavy atom. The van der Waals surface area contributed by atoms with Gasteiger partial charge < -0.3 is 5.73 Å². The van der Waals surface area contributed by atoms with Crippen LogP contribution in [0.2, 0.25) is 0 Å². The molecule has 17 heavy (non-hydrogen) atoms. The molecule has 98 valence electrons. The number of aromatic nitrogens is 2. The predicted octanol–water partition coefficient (Wildman–Crippen LogP) is 0.468. The number of H-pyrrole nitrogens is 1. The molecule has 6 nitrogen and oxygen atoms in total. The summed E-state index contributed by atoms with van der Waals surface area (Å²) in [5.74, 6) is 0.